The molecule has 19 heavy (non-hydrogen) atoms. The van der Waals surface area contributed by atoms with Crippen molar-refractivity contribution < 1.29 is 24.5 Å². The third-order valence-corrected chi connectivity index (χ3v) is 2.27. The molecule has 6 heteroatoms. The first-order valence-corrected chi connectivity index (χ1v) is 6.38. The molecule has 0 aliphatic heterocycles. The second-order valence-electron chi connectivity index (χ2n) is 6.03. The Hall–Kier alpha value is -1.30. The Morgan fingerprint density at radius 2 is 1.84 bits per heavy atom. The number of hydrogen-bond donors (Lipinski definition) is 2. The van der Waals surface area contributed by atoms with E-state index in [0.29, 0.717) is 6.42 Å². The number of ether oxygens (including phenoxy) is 1. The number of rotatable bonds is 6. The van der Waals surface area contributed by atoms with Crippen molar-refractivity contribution in [2.45, 2.75) is 65.2 Å². The molecule has 0 rings (SSSR count). The molecule has 2 N–H and O–H groups in total. The summed E-state index contributed by atoms with van der Waals surface area (Å²) < 4.78 is 5.08. The van der Waals surface area contributed by atoms with E-state index in [1.807, 2.05) is 13.8 Å². The number of aliphatic carboxylic acids is 1. The van der Waals surface area contributed by atoms with Gasteiger partial charge in [0.25, 0.3) is 0 Å². The van der Waals surface area contributed by atoms with E-state index in [1.165, 1.54) is 0 Å². The number of carboxylic acid groups (broad SMARTS) is 1. The average Bonchev–Trinajstić information content (AvgIpc) is 2.11. The van der Waals surface area contributed by atoms with E-state index < -0.39 is 36.2 Å². The van der Waals surface area contributed by atoms with Crippen LogP contribution in [0.5, 0.6) is 0 Å². The van der Waals surface area contributed by atoms with Crippen LogP contribution in [0.25, 0.3) is 0 Å². The second kappa shape index (κ2) is 7.33. The largest absolute Gasteiger partial charge is 0.550 e. The number of carboxylic acids is 1. The van der Waals surface area contributed by atoms with Gasteiger partial charge in [-0.3, -0.25) is 0 Å². The van der Waals surface area contributed by atoms with Gasteiger partial charge in [-0.1, -0.05) is 13.8 Å². The summed E-state index contributed by atoms with van der Waals surface area (Å²) in [5.74, 6) is -1.16. The summed E-state index contributed by atoms with van der Waals surface area (Å²) in [7, 11) is 0. The summed E-state index contributed by atoms with van der Waals surface area (Å²) in [6, 6.07) is -0.673. The molecule has 0 saturated carbocycles. The highest BCUT2D eigenvalue weighted by Gasteiger charge is 2.25. The van der Waals surface area contributed by atoms with Crippen LogP contribution in [0.1, 0.15) is 47.5 Å². The lowest BCUT2D eigenvalue weighted by molar-refractivity contribution is -0.307. The van der Waals surface area contributed by atoms with Gasteiger partial charge in [0.15, 0.2) is 0 Å². The van der Waals surface area contributed by atoms with Crippen LogP contribution >= 0.6 is 0 Å². The van der Waals surface area contributed by atoms with Crippen molar-refractivity contribution >= 4 is 12.1 Å². The lowest BCUT2D eigenvalue weighted by Gasteiger charge is -2.28. The van der Waals surface area contributed by atoms with Gasteiger partial charge in [-0.2, -0.15) is 0 Å². The minimum Gasteiger partial charge on any atom is -0.550 e. The molecule has 0 aromatic carbocycles. The summed E-state index contributed by atoms with van der Waals surface area (Å²) in [4.78, 5) is 22.1. The van der Waals surface area contributed by atoms with Gasteiger partial charge in [0.1, 0.15) is 5.60 Å². The SMILES string of the molecule is CC(C)C[C@H](NC(=O)OC(C)(C)C)[C@@H](O)CC(=O)[O-]. The summed E-state index contributed by atoms with van der Waals surface area (Å²) in [5.41, 5.74) is -0.647. The smallest absolute Gasteiger partial charge is 0.407 e. The Bertz CT molecular complexity index is 309. The highest BCUT2D eigenvalue weighted by atomic mass is 16.6. The van der Waals surface area contributed by atoms with E-state index in [1.54, 1.807) is 20.8 Å². The van der Waals surface area contributed by atoms with Crippen LogP contribution in [-0.4, -0.2) is 34.9 Å². The van der Waals surface area contributed by atoms with Crippen molar-refractivity contribution in [3.8, 4) is 0 Å². The van der Waals surface area contributed by atoms with E-state index in [4.69, 9.17) is 4.74 Å². The van der Waals surface area contributed by atoms with Crippen molar-refractivity contribution in [1.29, 1.82) is 0 Å². The number of amides is 1. The maximum atomic E-state index is 11.6. The van der Waals surface area contributed by atoms with Gasteiger partial charge in [0.2, 0.25) is 0 Å². The Balaban J connectivity index is 4.58. The van der Waals surface area contributed by atoms with Gasteiger partial charge in [-0.15, -0.1) is 0 Å². The van der Waals surface area contributed by atoms with Gasteiger partial charge in [0, 0.05) is 12.4 Å². The Labute approximate surface area is 114 Å². The molecule has 0 saturated heterocycles. The predicted molar refractivity (Wildman–Crippen MR) is 68.2 cm³/mol. The van der Waals surface area contributed by atoms with Crippen LogP contribution in [0.3, 0.4) is 0 Å². The number of hydrogen-bond acceptors (Lipinski definition) is 5. The molecule has 0 fully saturated rings. The van der Waals surface area contributed by atoms with Crippen LogP contribution in [0, 0.1) is 5.92 Å². The Morgan fingerprint density at radius 1 is 1.32 bits per heavy atom. The highest BCUT2D eigenvalue weighted by molar-refractivity contribution is 5.69. The zero-order chi connectivity index (χ0) is 15.2. The summed E-state index contributed by atoms with van der Waals surface area (Å²) in [6.45, 7) is 9.00. The quantitative estimate of drug-likeness (QED) is 0.731. The maximum Gasteiger partial charge on any atom is 0.407 e. The van der Waals surface area contributed by atoms with E-state index in [9.17, 15) is 19.8 Å². The maximum absolute atomic E-state index is 11.6. The molecule has 0 spiro atoms. The number of carbonyl (C=O) groups is 2. The van der Waals surface area contributed by atoms with Gasteiger partial charge < -0.3 is 25.1 Å². The van der Waals surface area contributed by atoms with E-state index in [2.05, 4.69) is 5.32 Å². The lowest BCUT2D eigenvalue weighted by atomic mass is 9.97. The van der Waals surface area contributed by atoms with Crippen LogP contribution in [-0.2, 0) is 9.53 Å². The lowest BCUT2D eigenvalue weighted by Crippen LogP contribution is -2.47. The first-order valence-electron chi connectivity index (χ1n) is 6.38. The molecule has 0 aromatic heterocycles. The number of aliphatic hydroxyl groups excluding tert-OH is 1. The highest BCUT2D eigenvalue weighted by Crippen LogP contribution is 2.13. The van der Waals surface area contributed by atoms with Crippen molar-refractivity contribution in [3.05, 3.63) is 0 Å². The molecule has 0 radical (unpaired) electrons. The molecule has 1 amide bonds. The molecule has 2 atom stereocenters. The zero-order valence-corrected chi connectivity index (χ0v) is 12.2. The molecule has 0 aliphatic carbocycles. The number of alkyl carbamates (subject to hydrolysis) is 1. The second-order valence-corrected chi connectivity index (χ2v) is 6.03. The van der Waals surface area contributed by atoms with Crippen molar-refractivity contribution in [1.82, 2.24) is 5.32 Å². The molecule has 112 valence electrons. The van der Waals surface area contributed by atoms with Crippen LogP contribution in [0.4, 0.5) is 4.79 Å². The number of aliphatic hydroxyl groups is 1. The van der Waals surface area contributed by atoms with E-state index in [0.717, 1.165) is 0 Å². The fourth-order valence-corrected chi connectivity index (χ4v) is 1.59. The van der Waals surface area contributed by atoms with Gasteiger partial charge in [-0.05, 0) is 33.1 Å². The first kappa shape index (κ1) is 17.7. The predicted octanol–water partition coefficient (Wildman–Crippen LogP) is 0.427. The molecule has 0 unspecified atom stereocenters. The zero-order valence-electron chi connectivity index (χ0n) is 12.2. The number of carbonyl (C=O) groups excluding carboxylic acids is 2. The third-order valence-electron chi connectivity index (χ3n) is 2.27. The van der Waals surface area contributed by atoms with Gasteiger partial charge in [-0.25, -0.2) is 4.79 Å². The van der Waals surface area contributed by atoms with Crippen molar-refractivity contribution in [3.63, 3.8) is 0 Å². The molecule has 0 aliphatic rings. The van der Waals surface area contributed by atoms with Gasteiger partial charge in [0.05, 0.1) is 12.1 Å². The third kappa shape index (κ3) is 9.30. The summed E-state index contributed by atoms with van der Waals surface area (Å²) in [5, 5.41) is 22.8. The fraction of sp³-hybridized carbons (Fsp3) is 0.846. The normalized spacial score (nSPS) is 14.9. The van der Waals surface area contributed by atoms with E-state index in [-0.39, 0.29) is 5.92 Å². The average molecular weight is 274 g/mol. The number of nitrogens with one attached hydrogen (secondary N) is 1. The summed E-state index contributed by atoms with van der Waals surface area (Å²) in [6.07, 6.45) is -1.93. The minimum absolute atomic E-state index is 0.191. The van der Waals surface area contributed by atoms with Crippen molar-refractivity contribution in [2.75, 3.05) is 0 Å². The summed E-state index contributed by atoms with van der Waals surface area (Å²) >= 11 is 0. The van der Waals surface area contributed by atoms with Crippen LogP contribution < -0.4 is 10.4 Å². The first-order chi connectivity index (χ1) is 8.51. The molecular formula is C13H24NO5-. The Kier molecular flexibility index (Phi) is 6.83. The van der Waals surface area contributed by atoms with Gasteiger partial charge >= 0.3 is 6.09 Å². The van der Waals surface area contributed by atoms with Crippen LogP contribution in [0.15, 0.2) is 0 Å². The van der Waals surface area contributed by atoms with Crippen molar-refractivity contribution in [2.24, 2.45) is 5.92 Å². The van der Waals surface area contributed by atoms with Crippen LogP contribution in [0.2, 0.25) is 0 Å². The van der Waals surface area contributed by atoms with E-state index >= 15 is 0 Å². The molecule has 0 bridgehead atoms. The fourth-order valence-electron chi connectivity index (χ4n) is 1.59. The molecule has 0 heterocycles. The monoisotopic (exact) mass is 274 g/mol. The Morgan fingerprint density at radius 3 is 2.21 bits per heavy atom. The molecule has 6 nitrogen and oxygen atoms in total. The minimum atomic E-state index is -1.35. The molecular weight excluding hydrogens is 250 g/mol. The molecule has 0 aromatic rings. The standard InChI is InChI=1S/C13H25NO5/c1-8(2)6-9(10(15)7-11(16)17)14-12(18)19-13(3,4)5/h8-10,15H,6-7H2,1-5H3,(H,14,18)(H,16,17)/p-1/t9-,10-/m0/s1. The topological polar surface area (TPSA) is 98.7 Å².